The predicted octanol–water partition coefficient (Wildman–Crippen LogP) is 7.34. The van der Waals surface area contributed by atoms with Gasteiger partial charge >= 0.3 is 6.18 Å². The Morgan fingerprint density at radius 1 is 0.868 bits per heavy atom. The number of anilines is 1. The van der Waals surface area contributed by atoms with Crippen molar-refractivity contribution in [1.82, 2.24) is 9.99 Å². The number of rotatable bonds is 5. The van der Waals surface area contributed by atoms with E-state index in [0.29, 0.717) is 28.3 Å². The molecule has 2 heterocycles. The molecule has 6 atom stereocenters. The fourth-order valence-corrected chi connectivity index (χ4v) is 9.33. The van der Waals surface area contributed by atoms with Gasteiger partial charge in [0, 0.05) is 24.5 Å². The van der Waals surface area contributed by atoms with Crippen molar-refractivity contribution in [3.63, 3.8) is 0 Å². The number of pyridine rings is 1. The lowest BCUT2D eigenvalue weighted by Crippen LogP contribution is -2.58. The second-order valence-corrected chi connectivity index (χ2v) is 14.3. The van der Waals surface area contributed by atoms with Gasteiger partial charge in [-0.25, -0.2) is 4.98 Å². The number of carbonyl (C=O) groups excluding carboxylic acids is 4. The third-order valence-corrected chi connectivity index (χ3v) is 11.6. The summed E-state index contributed by atoms with van der Waals surface area (Å²) in [6, 6.07) is 26.1. The molecule has 2 fully saturated rings. The number of alkyl halides is 3. The van der Waals surface area contributed by atoms with E-state index in [2.05, 4.69) is 4.98 Å². The minimum Gasteiger partial charge on any atom is -0.508 e. The van der Waals surface area contributed by atoms with Crippen molar-refractivity contribution in [3.8, 4) is 5.75 Å². The molecule has 1 saturated carbocycles. The summed E-state index contributed by atoms with van der Waals surface area (Å²) >= 11 is 6.30. The Labute approximate surface area is 307 Å². The van der Waals surface area contributed by atoms with Gasteiger partial charge in [0.05, 0.1) is 22.3 Å². The van der Waals surface area contributed by atoms with Crippen LogP contribution in [0.15, 0.2) is 115 Å². The molecular weight excluding hydrogens is 707 g/mol. The average Bonchev–Trinajstić information content (AvgIpc) is 3.41. The topological polar surface area (TPSA) is 108 Å². The van der Waals surface area contributed by atoms with Crippen LogP contribution >= 0.6 is 11.6 Å². The number of nitrogens with zero attached hydrogens (tertiary/aromatic N) is 3. The Hall–Kier alpha value is -5.55. The standard InChI is InChI=1S/C41H31ClF3N3O5/c1-47(37-31(42)18-19-32(46-37)41(43,44)45)48-38(52)27-17-16-26-29(34(27)39(48)53)20-30-36(51)28(22-8-4-2-5-9-22)21-33(50)40(30,24-10-6-3-7-11-24)35(26)23-12-14-25(49)15-13-23/h2-16,18-19,21,27,29-30,34-35,49H,17,20H2,1H3/t27-,29+,30-,34-,35-,40-/m0/s1. The lowest BCUT2D eigenvalue weighted by atomic mass is 9.44. The van der Waals surface area contributed by atoms with Crippen LogP contribution in [0.25, 0.3) is 5.57 Å². The molecule has 268 valence electrons. The van der Waals surface area contributed by atoms with Gasteiger partial charge < -0.3 is 5.11 Å². The summed E-state index contributed by atoms with van der Waals surface area (Å²) in [7, 11) is 1.26. The van der Waals surface area contributed by atoms with Gasteiger partial charge in [-0.3, -0.25) is 24.2 Å². The largest absolute Gasteiger partial charge is 0.508 e. The minimum atomic E-state index is -4.81. The quantitative estimate of drug-likeness (QED) is 0.169. The molecule has 0 unspecified atom stereocenters. The zero-order chi connectivity index (χ0) is 37.4. The Morgan fingerprint density at radius 2 is 1.53 bits per heavy atom. The molecule has 0 radical (unpaired) electrons. The highest BCUT2D eigenvalue weighted by Gasteiger charge is 2.66. The van der Waals surface area contributed by atoms with E-state index in [4.69, 9.17) is 11.6 Å². The number of phenolic OH excluding ortho intramolecular Hbond substituents is 1. The van der Waals surface area contributed by atoms with E-state index in [1.54, 1.807) is 48.5 Å². The maximum Gasteiger partial charge on any atom is 0.433 e. The number of hydrazine groups is 1. The van der Waals surface area contributed by atoms with Crippen LogP contribution in [0, 0.1) is 23.7 Å². The molecular formula is C41H31ClF3N3O5. The predicted molar refractivity (Wildman–Crippen MR) is 189 cm³/mol. The fraction of sp³-hybridized carbons (Fsp3) is 0.244. The number of Topliss-reactive ketones (excluding diaryl/α,β-unsaturated/α-hetero) is 1. The van der Waals surface area contributed by atoms with Crippen LogP contribution < -0.4 is 5.01 Å². The first kappa shape index (κ1) is 34.5. The van der Waals surface area contributed by atoms with Gasteiger partial charge in [0.15, 0.2) is 17.4 Å². The lowest BCUT2D eigenvalue weighted by molar-refractivity contribution is -0.141. The van der Waals surface area contributed by atoms with E-state index in [1.165, 1.54) is 25.3 Å². The van der Waals surface area contributed by atoms with Crippen LogP contribution in [0.3, 0.4) is 0 Å². The number of amides is 2. The molecule has 1 saturated heterocycles. The highest BCUT2D eigenvalue weighted by Crippen LogP contribution is 2.63. The zero-order valence-electron chi connectivity index (χ0n) is 28.1. The molecule has 4 aromatic rings. The molecule has 3 aromatic carbocycles. The first-order chi connectivity index (χ1) is 25.3. The SMILES string of the molecule is CN(c1nc(C(F)(F)F)ccc1Cl)N1C(=O)[C@H]2[C@H](CC=C3[C@H]2C[C@H]2C(=O)C(c4ccccc4)=CC(=O)[C@@]2(c2ccccc2)[C@H]3c2ccc(O)cc2)C1=O. The number of aromatic hydroxyl groups is 1. The number of imide groups is 1. The molecule has 1 aromatic heterocycles. The summed E-state index contributed by atoms with van der Waals surface area (Å²) in [5, 5.41) is 11.9. The third kappa shape index (κ3) is 5.23. The van der Waals surface area contributed by atoms with Crippen molar-refractivity contribution in [2.24, 2.45) is 23.7 Å². The first-order valence-electron chi connectivity index (χ1n) is 17.1. The van der Waals surface area contributed by atoms with Gasteiger partial charge in [-0.1, -0.05) is 96.0 Å². The van der Waals surface area contributed by atoms with E-state index in [-0.39, 0.29) is 40.8 Å². The third-order valence-electron chi connectivity index (χ3n) is 11.3. The van der Waals surface area contributed by atoms with Crippen LogP contribution in [-0.2, 0) is 30.8 Å². The van der Waals surface area contributed by atoms with Crippen molar-refractivity contribution >= 4 is 46.4 Å². The van der Waals surface area contributed by atoms with E-state index in [9.17, 15) is 32.7 Å². The second kappa shape index (κ2) is 12.5. The molecule has 53 heavy (non-hydrogen) atoms. The van der Waals surface area contributed by atoms with Crippen LogP contribution in [-0.4, -0.2) is 45.5 Å². The van der Waals surface area contributed by atoms with Gasteiger partial charge in [-0.05, 0) is 65.8 Å². The number of allylic oxidation sites excluding steroid dienone is 4. The smallest absolute Gasteiger partial charge is 0.433 e. The van der Waals surface area contributed by atoms with E-state index in [0.717, 1.165) is 16.1 Å². The fourth-order valence-electron chi connectivity index (χ4n) is 9.11. The number of carbonyl (C=O) groups is 4. The van der Waals surface area contributed by atoms with Gasteiger partial charge in [0.1, 0.15) is 11.4 Å². The van der Waals surface area contributed by atoms with E-state index in [1.807, 2.05) is 30.3 Å². The van der Waals surface area contributed by atoms with Crippen LogP contribution in [0.5, 0.6) is 5.75 Å². The number of benzene rings is 3. The lowest BCUT2D eigenvalue weighted by Gasteiger charge is -2.55. The number of phenols is 1. The summed E-state index contributed by atoms with van der Waals surface area (Å²) in [5.74, 6) is -6.66. The number of hydrogen-bond acceptors (Lipinski definition) is 7. The molecule has 1 aliphatic heterocycles. The van der Waals surface area contributed by atoms with Gasteiger partial charge in [-0.15, -0.1) is 0 Å². The maximum atomic E-state index is 15.0. The molecule has 3 aliphatic carbocycles. The van der Waals surface area contributed by atoms with Crippen LogP contribution in [0.4, 0.5) is 19.0 Å². The number of fused-ring (bicyclic) bond motifs is 4. The van der Waals surface area contributed by atoms with Crippen LogP contribution in [0.1, 0.15) is 41.1 Å². The van der Waals surface area contributed by atoms with Crippen molar-refractivity contribution in [2.75, 3.05) is 12.1 Å². The Balaban J connectivity index is 1.29. The van der Waals surface area contributed by atoms with Crippen molar-refractivity contribution in [2.45, 2.75) is 30.4 Å². The number of hydrogen-bond donors (Lipinski definition) is 1. The average molecular weight is 738 g/mol. The zero-order valence-corrected chi connectivity index (χ0v) is 28.9. The van der Waals surface area contributed by atoms with Gasteiger partial charge in [0.25, 0.3) is 11.8 Å². The Bertz CT molecular complexity index is 2240. The van der Waals surface area contributed by atoms with Crippen LogP contribution in [0.2, 0.25) is 5.02 Å². The molecule has 8 rings (SSSR count). The highest BCUT2D eigenvalue weighted by atomic mass is 35.5. The Morgan fingerprint density at radius 3 is 2.19 bits per heavy atom. The molecule has 4 aliphatic rings. The second-order valence-electron chi connectivity index (χ2n) is 13.9. The van der Waals surface area contributed by atoms with Crippen molar-refractivity contribution < 1.29 is 37.5 Å². The van der Waals surface area contributed by atoms with Gasteiger partial charge in [-0.2, -0.15) is 18.2 Å². The number of aromatic nitrogens is 1. The maximum absolute atomic E-state index is 15.0. The molecule has 2 amide bonds. The summed E-state index contributed by atoms with van der Waals surface area (Å²) in [5.41, 5.74) is 0.0873. The molecule has 8 nitrogen and oxygen atoms in total. The molecule has 0 spiro atoms. The number of halogens is 4. The number of ketones is 2. The molecule has 0 bridgehead atoms. The Kier molecular flexibility index (Phi) is 8.17. The molecule has 1 N–H and O–H groups in total. The van der Waals surface area contributed by atoms with Crippen molar-refractivity contribution in [1.29, 1.82) is 0 Å². The highest BCUT2D eigenvalue weighted by molar-refractivity contribution is 6.33. The summed E-state index contributed by atoms with van der Waals surface area (Å²) < 4.78 is 41.0. The summed E-state index contributed by atoms with van der Waals surface area (Å²) in [6.07, 6.45) is -1.35. The van der Waals surface area contributed by atoms with E-state index < -0.39 is 64.5 Å². The summed E-state index contributed by atoms with van der Waals surface area (Å²) in [6.45, 7) is 0. The van der Waals surface area contributed by atoms with Crippen molar-refractivity contribution in [3.05, 3.63) is 142 Å². The molecule has 12 heteroatoms. The normalized spacial score (nSPS) is 26.7. The minimum absolute atomic E-state index is 0.00137. The first-order valence-corrected chi connectivity index (χ1v) is 17.5. The summed E-state index contributed by atoms with van der Waals surface area (Å²) in [4.78, 5) is 62.4. The monoisotopic (exact) mass is 737 g/mol. The van der Waals surface area contributed by atoms with E-state index >= 15 is 4.79 Å². The van der Waals surface area contributed by atoms with Gasteiger partial charge in [0.2, 0.25) is 0 Å².